The molecular formula is C17H24N4O. The highest BCUT2D eigenvalue weighted by Gasteiger charge is 2.23. The molecule has 0 radical (unpaired) electrons. The molecule has 3 N–H and O–H groups in total. The highest BCUT2D eigenvalue weighted by molar-refractivity contribution is 5.86. The topological polar surface area (TPSA) is 65.4 Å². The molecule has 118 valence electrons. The van der Waals surface area contributed by atoms with Gasteiger partial charge in [0.15, 0.2) is 0 Å². The molecule has 0 bridgehead atoms. The number of nitrogens with two attached hydrogens (primary N) is 1. The number of nitrogens with zero attached hydrogens (tertiary/aromatic N) is 2. The highest BCUT2D eigenvalue weighted by Crippen LogP contribution is 2.19. The van der Waals surface area contributed by atoms with Gasteiger partial charge in [-0.25, -0.2) is 0 Å². The third kappa shape index (κ3) is 3.15. The van der Waals surface area contributed by atoms with Crippen molar-refractivity contribution in [2.45, 2.75) is 18.9 Å². The minimum absolute atomic E-state index is 0.0700. The summed E-state index contributed by atoms with van der Waals surface area (Å²) in [4.78, 5) is 20.0. The Bertz CT molecular complexity index is 651. The third-order valence-electron chi connectivity index (χ3n) is 4.46. The second kappa shape index (κ2) is 6.50. The molecule has 2 heterocycles. The molecule has 1 aromatic heterocycles. The van der Waals surface area contributed by atoms with Gasteiger partial charge < -0.3 is 20.5 Å². The van der Waals surface area contributed by atoms with Gasteiger partial charge in [-0.05, 0) is 38.1 Å². The number of carbonyl (C=O) groups is 1. The molecule has 22 heavy (non-hydrogen) atoms. The Hall–Kier alpha value is -1.85. The van der Waals surface area contributed by atoms with Gasteiger partial charge in [0.25, 0.3) is 0 Å². The van der Waals surface area contributed by atoms with Crippen molar-refractivity contribution in [3.63, 3.8) is 0 Å². The van der Waals surface area contributed by atoms with Crippen LogP contribution < -0.4 is 5.73 Å². The van der Waals surface area contributed by atoms with Gasteiger partial charge in [-0.2, -0.15) is 0 Å². The van der Waals surface area contributed by atoms with E-state index in [-0.39, 0.29) is 5.91 Å². The monoisotopic (exact) mass is 300 g/mol. The van der Waals surface area contributed by atoms with Gasteiger partial charge in [0.2, 0.25) is 5.91 Å². The number of nitrogens with one attached hydrogen (secondary N) is 1. The minimum atomic E-state index is -0.470. The van der Waals surface area contributed by atoms with Crippen LogP contribution in [0, 0.1) is 0 Å². The molecule has 2 aromatic rings. The van der Waals surface area contributed by atoms with Crippen LogP contribution in [0.1, 0.15) is 12.0 Å². The number of fused-ring (bicyclic) bond motifs is 1. The van der Waals surface area contributed by atoms with Crippen LogP contribution >= 0.6 is 0 Å². The fourth-order valence-corrected chi connectivity index (χ4v) is 3.13. The summed E-state index contributed by atoms with van der Waals surface area (Å²) in [6.07, 6.45) is 3.56. The van der Waals surface area contributed by atoms with Crippen LogP contribution in [0.2, 0.25) is 0 Å². The van der Waals surface area contributed by atoms with Gasteiger partial charge >= 0.3 is 0 Å². The molecule has 0 saturated carbocycles. The molecule has 3 rings (SSSR count). The number of H-pyrrole nitrogens is 1. The number of para-hydroxylation sites is 1. The first-order valence-corrected chi connectivity index (χ1v) is 7.93. The zero-order chi connectivity index (χ0) is 15.5. The van der Waals surface area contributed by atoms with Gasteiger partial charge in [-0.15, -0.1) is 0 Å². The molecule has 1 amide bonds. The summed E-state index contributed by atoms with van der Waals surface area (Å²) in [5.74, 6) is 0.0700. The lowest BCUT2D eigenvalue weighted by molar-refractivity contribution is -0.132. The van der Waals surface area contributed by atoms with Gasteiger partial charge in [0, 0.05) is 36.7 Å². The molecule has 1 aliphatic rings. The second-order valence-corrected chi connectivity index (χ2v) is 6.15. The first kappa shape index (κ1) is 15.1. The van der Waals surface area contributed by atoms with Gasteiger partial charge in [0.05, 0.1) is 6.04 Å². The average Bonchev–Trinajstić information content (AvgIpc) is 2.80. The number of aromatic nitrogens is 1. The maximum atomic E-state index is 12.6. The summed E-state index contributed by atoms with van der Waals surface area (Å²) in [5, 5.41) is 1.15. The van der Waals surface area contributed by atoms with E-state index in [1.165, 1.54) is 0 Å². The number of hydrogen-bond acceptors (Lipinski definition) is 3. The zero-order valence-corrected chi connectivity index (χ0v) is 13.1. The number of carbonyl (C=O) groups excluding carboxylic acids is 1. The van der Waals surface area contributed by atoms with Crippen LogP contribution in [0.25, 0.3) is 10.9 Å². The van der Waals surface area contributed by atoms with E-state index in [1.54, 1.807) is 0 Å². The molecule has 0 aliphatic carbocycles. The predicted octanol–water partition coefficient (Wildman–Crippen LogP) is 1.20. The van der Waals surface area contributed by atoms with Crippen molar-refractivity contribution < 1.29 is 4.79 Å². The summed E-state index contributed by atoms with van der Waals surface area (Å²) in [6.45, 7) is 3.55. The number of likely N-dealkylation sites (N-methyl/N-ethyl adjacent to an activating group) is 1. The lowest BCUT2D eigenvalue weighted by Crippen LogP contribution is -2.46. The first-order chi connectivity index (χ1) is 10.6. The van der Waals surface area contributed by atoms with Crippen LogP contribution in [0.5, 0.6) is 0 Å². The minimum Gasteiger partial charge on any atom is -0.361 e. The van der Waals surface area contributed by atoms with E-state index in [0.29, 0.717) is 6.42 Å². The molecule has 1 fully saturated rings. The number of benzene rings is 1. The van der Waals surface area contributed by atoms with Crippen molar-refractivity contribution in [1.82, 2.24) is 14.8 Å². The Labute approximate surface area is 131 Å². The van der Waals surface area contributed by atoms with Gasteiger partial charge in [-0.3, -0.25) is 4.79 Å². The Morgan fingerprint density at radius 2 is 2.09 bits per heavy atom. The molecule has 1 saturated heterocycles. The average molecular weight is 300 g/mol. The second-order valence-electron chi connectivity index (χ2n) is 6.15. The molecule has 1 aliphatic heterocycles. The van der Waals surface area contributed by atoms with Crippen molar-refractivity contribution in [2.24, 2.45) is 5.73 Å². The maximum absolute atomic E-state index is 12.6. The molecule has 5 heteroatoms. The smallest absolute Gasteiger partial charge is 0.239 e. The van der Waals surface area contributed by atoms with Crippen molar-refractivity contribution >= 4 is 16.8 Å². The van der Waals surface area contributed by atoms with E-state index >= 15 is 0 Å². The number of aromatic amines is 1. The third-order valence-corrected chi connectivity index (χ3v) is 4.46. The zero-order valence-electron chi connectivity index (χ0n) is 13.1. The number of amides is 1. The molecule has 1 atom stereocenters. The molecule has 0 unspecified atom stereocenters. The highest BCUT2D eigenvalue weighted by atomic mass is 16.2. The van der Waals surface area contributed by atoms with E-state index < -0.39 is 6.04 Å². The Morgan fingerprint density at radius 1 is 1.27 bits per heavy atom. The Kier molecular flexibility index (Phi) is 4.45. The summed E-state index contributed by atoms with van der Waals surface area (Å²) in [6, 6.07) is 7.65. The van der Waals surface area contributed by atoms with E-state index in [9.17, 15) is 4.79 Å². The predicted molar refractivity (Wildman–Crippen MR) is 88.7 cm³/mol. The number of hydrogen-bond donors (Lipinski definition) is 2. The lowest BCUT2D eigenvalue weighted by Gasteiger charge is -2.24. The van der Waals surface area contributed by atoms with Crippen molar-refractivity contribution in [1.29, 1.82) is 0 Å². The van der Waals surface area contributed by atoms with Gasteiger partial charge in [-0.1, -0.05) is 18.2 Å². The molecule has 0 spiro atoms. The van der Waals surface area contributed by atoms with Crippen LogP contribution in [-0.2, 0) is 11.2 Å². The largest absolute Gasteiger partial charge is 0.361 e. The van der Waals surface area contributed by atoms with Crippen LogP contribution in [-0.4, -0.2) is 60.0 Å². The normalized spacial score (nSPS) is 18.4. The van der Waals surface area contributed by atoms with Crippen LogP contribution in [0.4, 0.5) is 0 Å². The summed E-state index contributed by atoms with van der Waals surface area (Å²) < 4.78 is 0. The standard InChI is InChI=1S/C17H24N4O/c1-20-7-4-8-21(10-9-20)17(22)15(18)11-13-12-19-16-6-3-2-5-14(13)16/h2-3,5-6,12,15,19H,4,7-11,18H2,1H3/t15-/m0/s1. The van der Waals surface area contributed by atoms with E-state index in [1.807, 2.05) is 29.3 Å². The Morgan fingerprint density at radius 3 is 2.95 bits per heavy atom. The maximum Gasteiger partial charge on any atom is 0.239 e. The van der Waals surface area contributed by atoms with Crippen LogP contribution in [0.3, 0.4) is 0 Å². The van der Waals surface area contributed by atoms with E-state index in [4.69, 9.17) is 5.73 Å². The fourth-order valence-electron chi connectivity index (χ4n) is 3.13. The van der Waals surface area contributed by atoms with Crippen molar-refractivity contribution in [3.05, 3.63) is 36.0 Å². The summed E-state index contributed by atoms with van der Waals surface area (Å²) in [5.41, 5.74) is 8.40. The lowest BCUT2D eigenvalue weighted by atomic mass is 10.0. The fraction of sp³-hybridized carbons (Fsp3) is 0.471. The van der Waals surface area contributed by atoms with Crippen LogP contribution in [0.15, 0.2) is 30.5 Å². The SMILES string of the molecule is CN1CCCN(C(=O)[C@@H](N)Cc2c[nH]c3ccccc23)CC1. The van der Waals surface area contributed by atoms with Crippen molar-refractivity contribution in [3.8, 4) is 0 Å². The van der Waals surface area contributed by atoms with Crippen molar-refractivity contribution in [2.75, 3.05) is 33.2 Å². The van der Waals surface area contributed by atoms with E-state index in [0.717, 1.165) is 49.1 Å². The van der Waals surface area contributed by atoms with E-state index in [2.05, 4.69) is 23.0 Å². The number of rotatable bonds is 3. The summed E-state index contributed by atoms with van der Waals surface area (Å²) in [7, 11) is 2.10. The van der Waals surface area contributed by atoms with Gasteiger partial charge in [0.1, 0.15) is 0 Å². The quantitative estimate of drug-likeness (QED) is 0.895. The first-order valence-electron chi connectivity index (χ1n) is 7.93. The molecule has 5 nitrogen and oxygen atoms in total. The Balaban J connectivity index is 1.68. The molecule has 1 aromatic carbocycles. The summed E-state index contributed by atoms with van der Waals surface area (Å²) >= 11 is 0. The molecular weight excluding hydrogens is 276 g/mol.